The van der Waals surface area contributed by atoms with Crippen LogP contribution < -0.4 is 11.5 Å². The average molecular weight is 194 g/mol. The Morgan fingerprint density at radius 2 is 2.21 bits per heavy atom. The van der Waals surface area contributed by atoms with Gasteiger partial charge in [-0.25, -0.2) is 0 Å². The largest absolute Gasteiger partial charge is 0.460 e. The second-order valence-electron chi connectivity index (χ2n) is 3.02. The van der Waals surface area contributed by atoms with E-state index in [0.29, 0.717) is 24.3 Å². The summed E-state index contributed by atoms with van der Waals surface area (Å²) in [6.07, 6.45) is 0.403. The first kappa shape index (κ1) is 10.4. The molecule has 0 bridgehead atoms. The number of nitrogens with two attached hydrogens (primary N) is 2. The number of carbonyl (C=O) groups is 1. The van der Waals surface area contributed by atoms with Gasteiger partial charge < -0.3 is 16.2 Å². The highest BCUT2D eigenvalue weighted by molar-refractivity contribution is 5.58. The lowest BCUT2D eigenvalue weighted by Crippen LogP contribution is -2.05. The van der Waals surface area contributed by atoms with E-state index in [-0.39, 0.29) is 6.10 Å². The van der Waals surface area contributed by atoms with Crippen molar-refractivity contribution in [2.45, 2.75) is 19.4 Å². The van der Waals surface area contributed by atoms with Crippen molar-refractivity contribution in [3.05, 3.63) is 23.8 Å². The number of anilines is 2. The summed E-state index contributed by atoms with van der Waals surface area (Å²) in [6.45, 7) is 2.36. The lowest BCUT2D eigenvalue weighted by atomic mass is 10.0. The van der Waals surface area contributed by atoms with Gasteiger partial charge in [0.25, 0.3) is 6.47 Å². The van der Waals surface area contributed by atoms with Gasteiger partial charge in [0.1, 0.15) is 6.10 Å². The Labute approximate surface area is 82.8 Å². The molecule has 1 aromatic rings. The minimum atomic E-state index is -0.284. The molecule has 0 aliphatic rings. The Morgan fingerprint density at radius 1 is 1.50 bits per heavy atom. The molecule has 4 N–H and O–H groups in total. The average Bonchev–Trinajstić information content (AvgIpc) is 2.15. The molecule has 0 amide bonds. The van der Waals surface area contributed by atoms with Crippen LogP contribution in [0.1, 0.15) is 25.0 Å². The van der Waals surface area contributed by atoms with E-state index in [1.807, 2.05) is 6.92 Å². The molecule has 1 atom stereocenters. The van der Waals surface area contributed by atoms with Gasteiger partial charge in [0.15, 0.2) is 0 Å². The van der Waals surface area contributed by atoms with Gasteiger partial charge in [-0.3, -0.25) is 4.79 Å². The number of benzene rings is 1. The molecule has 14 heavy (non-hydrogen) atoms. The monoisotopic (exact) mass is 194 g/mol. The molecular formula is C10H14N2O2. The van der Waals surface area contributed by atoms with E-state index >= 15 is 0 Å². The fourth-order valence-corrected chi connectivity index (χ4v) is 1.34. The van der Waals surface area contributed by atoms with E-state index in [1.165, 1.54) is 0 Å². The lowest BCUT2D eigenvalue weighted by Gasteiger charge is -2.15. The first-order chi connectivity index (χ1) is 6.69. The minimum absolute atomic E-state index is 0.284. The van der Waals surface area contributed by atoms with Crippen molar-refractivity contribution in [1.82, 2.24) is 0 Å². The molecule has 0 fully saturated rings. The summed E-state index contributed by atoms with van der Waals surface area (Å²) >= 11 is 0. The predicted octanol–water partition coefficient (Wildman–Crippen LogP) is 1.48. The summed E-state index contributed by atoms with van der Waals surface area (Å²) in [6, 6.07) is 5.18. The first-order valence-electron chi connectivity index (χ1n) is 4.43. The van der Waals surface area contributed by atoms with Gasteiger partial charge in [-0.15, -0.1) is 0 Å². The zero-order valence-electron chi connectivity index (χ0n) is 8.07. The van der Waals surface area contributed by atoms with Gasteiger partial charge in [-0.2, -0.15) is 0 Å². The highest BCUT2D eigenvalue weighted by Gasteiger charge is 2.12. The minimum Gasteiger partial charge on any atom is -0.460 e. The van der Waals surface area contributed by atoms with Crippen LogP contribution in [0.15, 0.2) is 18.2 Å². The van der Waals surface area contributed by atoms with Gasteiger partial charge in [0, 0.05) is 16.9 Å². The number of ether oxygens (including phenoxy) is 1. The summed E-state index contributed by atoms with van der Waals surface area (Å²) in [5.74, 6) is 0. The third kappa shape index (κ3) is 2.16. The molecule has 4 nitrogen and oxygen atoms in total. The summed E-state index contributed by atoms with van der Waals surface area (Å²) in [5.41, 5.74) is 13.3. The van der Waals surface area contributed by atoms with E-state index in [0.717, 1.165) is 5.56 Å². The second-order valence-corrected chi connectivity index (χ2v) is 3.02. The number of carbonyl (C=O) groups excluding carboxylic acids is 1. The van der Waals surface area contributed by atoms with Crippen LogP contribution >= 0.6 is 0 Å². The SMILES string of the molecule is CCC(OC=O)c1ccc(N)cc1N. The maximum absolute atomic E-state index is 10.2. The normalized spacial score (nSPS) is 12.1. The highest BCUT2D eigenvalue weighted by atomic mass is 16.5. The quantitative estimate of drug-likeness (QED) is 0.562. The lowest BCUT2D eigenvalue weighted by molar-refractivity contribution is -0.134. The molecule has 1 aromatic carbocycles. The molecule has 1 unspecified atom stereocenters. The maximum Gasteiger partial charge on any atom is 0.293 e. The van der Waals surface area contributed by atoms with Crippen molar-refractivity contribution in [2.24, 2.45) is 0 Å². The molecule has 1 rings (SSSR count). The van der Waals surface area contributed by atoms with Crippen molar-refractivity contribution < 1.29 is 9.53 Å². The number of rotatable bonds is 4. The predicted molar refractivity (Wildman–Crippen MR) is 55.4 cm³/mol. The smallest absolute Gasteiger partial charge is 0.293 e. The van der Waals surface area contributed by atoms with Gasteiger partial charge in [-0.05, 0) is 18.6 Å². The first-order valence-corrected chi connectivity index (χ1v) is 4.43. The molecule has 0 spiro atoms. The van der Waals surface area contributed by atoms with Gasteiger partial charge in [0.2, 0.25) is 0 Å². The zero-order valence-corrected chi connectivity index (χ0v) is 8.07. The fourth-order valence-electron chi connectivity index (χ4n) is 1.34. The molecule has 0 saturated heterocycles. The Balaban J connectivity index is 2.97. The van der Waals surface area contributed by atoms with Crippen molar-refractivity contribution in [1.29, 1.82) is 0 Å². The van der Waals surface area contributed by atoms with Crippen LogP contribution in [0.2, 0.25) is 0 Å². The van der Waals surface area contributed by atoms with Crippen LogP contribution in [0.4, 0.5) is 11.4 Å². The molecule has 0 heterocycles. The Morgan fingerprint density at radius 3 is 2.71 bits per heavy atom. The Kier molecular flexibility index (Phi) is 3.34. The highest BCUT2D eigenvalue weighted by Crippen LogP contribution is 2.27. The molecule has 4 heteroatoms. The Bertz CT molecular complexity index is 326. The standard InChI is InChI=1S/C10H14N2O2/c1-2-10(14-6-13)8-4-3-7(11)5-9(8)12/h3-6,10H,2,11-12H2,1H3. The number of hydrogen-bond donors (Lipinski definition) is 2. The summed E-state index contributed by atoms with van der Waals surface area (Å²) in [7, 11) is 0. The van der Waals surface area contributed by atoms with Crippen LogP contribution in [0.5, 0.6) is 0 Å². The van der Waals surface area contributed by atoms with Gasteiger partial charge >= 0.3 is 0 Å². The summed E-state index contributed by atoms with van der Waals surface area (Å²) in [4.78, 5) is 10.2. The van der Waals surface area contributed by atoms with Crippen LogP contribution in [0.25, 0.3) is 0 Å². The van der Waals surface area contributed by atoms with E-state index in [4.69, 9.17) is 16.2 Å². The molecule has 0 aliphatic carbocycles. The zero-order chi connectivity index (χ0) is 10.6. The van der Waals surface area contributed by atoms with Gasteiger partial charge in [0.05, 0.1) is 0 Å². The van der Waals surface area contributed by atoms with Crippen molar-refractivity contribution >= 4 is 17.8 Å². The van der Waals surface area contributed by atoms with Crippen molar-refractivity contribution in [3.63, 3.8) is 0 Å². The molecular weight excluding hydrogens is 180 g/mol. The van der Waals surface area contributed by atoms with Crippen LogP contribution in [0.3, 0.4) is 0 Å². The van der Waals surface area contributed by atoms with E-state index in [9.17, 15) is 4.79 Å². The summed E-state index contributed by atoms with van der Waals surface area (Å²) in [5, 5.41) is 0. The second kappa shape index (κ2) is 4.50. The Hall–Kier alpha value is -1.71. The topological polar surface area (TPSA) is 78.3 Å². The van der Waals surface area contributed by atoms with Crippen molar-refractivity contribution in [3.8, 4) is 0 Å². The van der Waals surface area contributed by atoms with Crippen LogP contribution in [0, 0.1) is 0 Å². The van der Waals surface area contributed by atoms with Gasteiger partial charge in [-0.1, -0.05) is 13.0 Å². The van der Waals surface area contributed by atoms with Crippen molar-refractivity contribution in [2.75, 3.05) is 11.5 Å². The molecule has 0 aliphatic heterocycles. The number of hydrogen-bond acceptors (Lipinski definition) is 4. The van der Waals surface area contributed by atoms with E-state index in [1.54, 1.807) is 18.2 Å². The molecule has 0 saturated carbocycles. The number of nitrogen functional groups attached to an aromatic ring is 2. The van der Waals surface area contributed by atoms with E-state index < -0.39 is 0 Å². The van der Waals surface area contributed by atoms with Crippen LogP contribution in [-0.2, 0) is 9.53 Å². The molecule has 76 valence electrons. The van der Waals surface area contributed by atoms with E-state index in [2.05, 4.69) is 0 Å². The maximum atomic E-state index is 10.2. The third-order valence-electron chi connectivity index (χ3n) is 2.05. The molecule has 0 aromatic heterocycles. The molecule has 0 radical (unpaired) electrons. The third-order valence-corrected chi connectivity index (χ3v) is 2.05. The fraction of sp³-hybridized carbons (Fsp3) is 0.300. The van der Waals surface area contributed by atoms with Crippen LogP contribution in [-0.4, -0.2) is 6.47 Å². The summed E-state index contributed by atoms with van der Waals surface area (Å²) < 4.78 is 4.90.